The fraction of sp³-hybridized carbons (Fsp3) is 0.727. The van der Waals surface area contributed by atoms with E-state index in [2.05, 4.69) is 8.92 Å². The summed E-state index contributed by atoms with van der Waals surface area (Å²) >= 11 is 0. The molecule has 0 saturated heterocycles. The lowest BCUT2D eigenvalue weighted by Gasteiger charge is -2.22. The number of rotatable bonds is 3. The van der Waals surface area contributed by atoms with E-state index in [4.69, 9.17) is 0 Å². The van der Waals surface area contributed by atoms with Gasteiger partial charge in [-0.2, -0.15) is 21.6 Å². The summed E-state index contributed by atoms with van der Waals surface area (Å²) in [6, 6.07) is 0. The Labute approximate surface area is 113 Å². The molecule has 5 nitrogen and oxygen atoms in total. The number of esters is 1. The van der Waals surface area contributed by atoms with Crippen LogP contribution in [-0.2, 0) is 23.8 Å². The zero-order chi connectivity index (χ0) is 15.2. The van der Waals surface area contributed by atoms with Crippen LogP contribution in [0.5, 0.6) is 0 Å². The highest BCUT2D eigenvalue weighted by Gasteiger charge is 2.59. The second kappa shape index (κ2) is 4.64. The third-order valence-corrected chi connectivity index (χ3v) is 4.78. The molecule has 114 valence electrons. The molecular formula is C11H13F3O5S. The second-order valence-corrected chi connectivity index (χ2v) is 6.54. The third kappa shape index (κ3) is 2.63. The summed E-state index contributed by atoms with van der Waals surface area (Å²) in [4.78, 5) is 11.4. The van der Waals surface area contributed by atoms with Crippen molar-refractivity contribution in [3.63, 3.8) is 0 Å². The first-order valence-electron chi connectivity index (χ1n) is 5.89. The monoisotopic (exact) mass is 314 g/mol. The molecule has 0 aromatic carbocycles. The van der Waals surface area contributed by atoms with E-state index in [1.165, 1.54) is 13.2 Å². The Morgan fingerprint density at radius 3 is 2.55 bits per heavy atom. The van der Waals surface area contributed by atoms with Gasteiger partial charge < -0.3 is 8.92 Å². The second-order valence-electron chi connectivity index (χ2n) is 5.00. The van der Waals surface area contributed by atoms with E-state index >= 15 is 0 Å². The van der Waals surface area contributed by atoms with Gasteiger partial charge in [0.25, 0.3) is 0 Å². The minimum absolute atomic E-state index is 0.0583. The zero-order valence-corrected chi connectivity index (χ0v) is 11.4. The molecule has 20 heavy (non-hydrogen) atoms. The maximum atomic E-state index is 12.2. The molecule has 2 aliphatic rings. The normalized spacial score (nSPS) is 29.8. The minimum Gasteiger partial charge on any atom is -0.469 e. The Morgan fingerprint density at radius 2 is 2.10 bits per heavy atom. The molecule has 2 aliphatic carbocycles. The van der Waals surface area contributed by atoms with Crippen molar-refractivity contribution in [2.45, 2.75) is 31.2 Å². The van der Waals surface area contributed by atoms with E-state index in [1.807, 2.05) is 0 Å². The van der Waals surface area contributed by atoms with Crippen LogP contribution >= 0.6 is 0 Å². The number of methoxy groups -OCH3 is 1. The molecule has 1 saturated carbocycles. The molecule has 2 rings (SSSR count). The summed E-state index contributed by atoms with van der Waals surface area (Å²) in [5.41, 5.74) is -5.74. The largest absolute Gasteiger partial charge is 0.534 e. The SMILES string of the molecule is COC(=O)C1CC12CC=C(OS(=O)(=O)C(F)(F)F)CC2. The Hall–Kier alpha value is -1.25. The van der Waals surface area contributed by atoms with E-state index in [9.17, 15) is 26.4 Å². The van der Waals surface area contributed by atoms with Gasteiger partial charge in [0, 0.05) is 6.42 Å². The molecule has 0 amide bonds. The first-order chi connectivity index (χ1) is 9.11. The Balaban J connectivity index is 2.00. The maximum Gasteiger partial charge on any atom is 0.534 e. The van der Waals surface area contributed by atoms with Crippen LogP contribution in [0.4, 0.5) is 13.2 Å². The van der Waals surface area contributed by atoms with E-state index in [0.29, 0.717) is 19.3 Å². The van der Waals surface area contributed by atoms with Crippen molar-refractivity contribution >= 4 is 16.1 Å². The van der Waals surface area contributed by atoms with Crippen molar-refractivity contribution in [3.05, 3.63) is 11.8 Å². The number of carbonyl (C=O) groups excluding carboxylic acids is 1. The molecule has 1 spiro atoms. The molecule has 2 unspecified atom stereocenters. The van der Waals surface area contributed by atoms with Crippen LogP contribution in [0.25, 0.3) is 0 Å². The number of alkyl halides is 3. The van der Waals surface area contributed by atoms with Crippen LogP contribution in [0.2, 0.25) is 0 Å². The average Bonchev–Trinajstić information content (AvgIpc) is 3.04. The maximum absolute atomic E-state index is 12.2. The van der Waals surface area contributed by atoms with Crippen molar-refractivity contribution < 1.29 is 35.3 Å². The van der Waals surface area contributed by atoms with Crippen LogP contribution in [-0.4, -0.2) is 27.0 Å². The zero-order valence-electron chi connectivity index (χ0n) is 10.6. The van der Waals surface area contributed by atoms with Crippen LogP contribution in [0.3, 0.4) is 0 Å². The molecule has 2 atom stereocenters. The van der Waals surface area contributed by atoms with Crippen molar-refractivity contribution in [2.75, 3.05) is 7.11 Å². The number of carbonyl (C=O) groups is 1. The topological polar surface area (TPSA) is 69.7 Å². The fourth-order valence-electron chi connectivity index (χ4n) is 2.48. The molecule has 0 bridgehead atoms. The first-order valence-corrected chi connectivity index (χ1v) is 7.30. The van der Waals surface area contributed by atoms with Gasteiger partial charge in [-0.1, -0.05) is 0 Å². The summed E-state index contributed by atoms with van der Waals surface area (Å²) in [6.45, 7) is 0. The van der Waals surface area contributed by atoms with Crippen LogP contribution < -0.4 is 0 Å². The summed E-state index contributed by atoms with van der Waals surface area (Å²) < 4.78 is 66.9. The lowest BCUT2D eigenvalue weighted by Crippen LogP contribution is -2.26. The summed E-state index contributed by atoms with van der Waals surface area (Å²) in [5, 5.41) is 0. The molecule has 0 aliphatic heterocycles. The van der Waals surface area contributed by atoms with Crippen molar-refractivity contribution in [1.82, 2.24) is 0 Å². The Morgan fingerprint density at radius 1 is 1.45 bits per heavy atom. The van der Waals surface area contributed by atoms with E-state index in [1.54, 1.807) is 0 Å². The number of allylic oxidation sites excluding steroid dienone is 2. The molecular weight excluding hydrogens is 301 g/mol. The summed E-state index contributed by atoms with van der Waals surface area (Å²) in [7, 11) is -4.33. The number of ether oxygens (including phenoxy) is 1. The molecule has 9 heteroatoms. The van der Waals surface area contributed by atoms with Gasteiger partial charge in [0.1, 0.15) is 5.76 Å². The fourth-order valence-corrected chi connectivity index (χ4v) is 3.01. The Kier molecular flexibility index (Phi) is 3.52. The van der Waals surface area contributed by atoms with Gasteiger partial charge in [0.05, 0.1) is 13.0 Å². The summed E-state index contributed by atoms with van der Waals surface area (Å²) in [5.74, 6) is -0.821. The number of hydrogen-bond acceptors (Lipinski definition) is 5. The lowest BCUT2D eigenvalue weighted by atomic mass is 9.88. The minimum atomic E-state index is -5.61. The van der Waals surface area contributed by atoms with E-state index < -0.39 is 15.6 Å². The molecule has 0 radical (unpaired) electrons. The van der Waals surface area contributed by atoms with Gasteiger partial charge in [0.2, 0.25) is 0 Å². The predicted molar refractivity (Wildman–Crippen MR) is 60.5 cm³/mol. The van der Waals surface area contributed by atoms with Gasteiger partial charge in [-0.05, 0) is 30.8 Å². The van der Waals surface area contributed by atoms with Crippen molar-refractivity contribution in [1.29, 1.82) is 0 Å². The van der Waals surface area contributed by atoms with Crippen LogP contribution in [0.15, 0.2) is 11.8 Å². The summed E-state index contributed by atoms with van der Waals surface area (Å²) in [6.07, 6.45) is 2.70. The van der Waals surface area contributed by atoms with E-state index in [0.717, 1.165) is 0 Å². The van der Waals surface area contributed by atoms with Crippen LogP contribution in [0.1, 0.15) is 25.7 Å². The molecule has 0 heterocycles. The predicted octanol–water partition coefficient (Wildman–Crippen LogP) is 2.10. The standard InChI is InChI=1S/C11H13F3O5S/c1-18-9(15)8-6-10(8)4-2-7(3-5-10)19-20(16,17)11(12,13)14/h2,8H,3-6H2,1H3. The van der Waals surface area contributed by atoms with Crippen molar-refractivity contribution in [3.8, 4) is 0 Å². The lowest BCUT2D eigenvalue weighted by molar-refractivity contribution is -0.143. The third-order valence-electron chi connectivity index (χ3n) is 3.78. The highest BCUT2D eigenvalue weighted by Crippen LogP contribution is 2.61. The quantitative estimate of drug-likeness (QED) is 0.453. The number of hydrogen-bond donors (Lipinski definition) is 0. The Bertz CT molecular complexity index is 551. The van der Waals surface area contributed by atoms with Gasteiger partial charge >= 0.3 is 21.6 Å². The van der Waals surface area contributed by atoms with Gasteiger partial charge in [0.15, 0.2) is 0 Å². The van der Waals surface area contributed by atoms with E-state index in [-0.39, 0.29) is 29.5 Å². The van der Waals surface area contributed by atoms with Gasteiger partial charge in [-0.25, -0.2) is 0 Å². The molecule has 0 aromatic rings. The molecule has 0 aromatic heterocycles. The van der Waals surface area contributed by atoms with Crippen LogP contribution in [0, 0.1) is 11.3 Å². The molecule has 0 N–H and O–H groups in total. The van der Waals surface area contributed by atoms with Gasteiger partial charge in [-0.15, -0.1) is 0 Å². The molecule has 1 fully saturated rings. The smallest absolute Gasteiger partial charge is 0.469 e. The first kappa shape index (κ1) is 15.1. The number of halogens is 3. The highest BCUT2D eigenvalue weighted by atomic mass is 32.2. The average molecular weight is 314 g/mol. The highest BCUT2D eigenvalue weighted by molar-refractivity contribution is 7.87. The van der Waals surface area contributed by atoms with Crippen molar-refractivity contribution in [2.24, 2.45) is 11.3 Å². The van der Waals surface area contributed by atoms with Gasteiger partial charge in [-0.3, -0.25) is 4.79 Å².